The van der Waals surface area contributed by atoms with Gasteiger partial charge in [0.05, 0.1) is 18.7 Å². The summed E-state index contributed by atoms with van der Waals surface area (Å²) in [6.45, 7) is 3.20. The Kier molecular flexibility index (Phi) is 4.91. The molecule has 0 radical (unpaired) electrons. The molecule has 0 aliphatic carbocycles. The lowest BCUT2D eigenvalue weighted by Crippen LogP contribution is -2.52. The Morgan fingerprint density at radius 1 is 1.04 bits per heavy atom. The molecule has 0 bridgehead atoms. The van der Waals surface area contributed by atoms with Crippen molar-refractivity contribution in [2.45, 2.75) is 6.42 Å². The number of hydrogen-bond acceptors (Lipinski definition) is 5. The molecule has 1 fully saturated rings. The Morgan fingerprint density at radius 2 is 1.78 bits per heavy atom. The molecule has 2 aliphatic heterocycles. The van der Waals surface area contributed by atoms with Crippen LogP contribution in [-0.4, -0.2) is 61.0 Å². The molecular weight excluding hydrogens is 344 g/mol. The highest BCUT2D eigenvalue weighted by Crippen LogP contribution is 2.31. The molecule has 0 spiro atoms. The Morgan fingerprint density at radius 3 is 2.56 bits per heavy atom. The molecule has 0 unspecified atom stereocenters. The van der Waals surface area contributed by atoms with E-state index in [1.807, 2.05) is 41.3 Å². The second kappa shape index (κ2) is 7.65. The maximum Gasteiger partial charge on any atom is 0.242 e. The summed E-state index contributed by atoms with van der Waals surface area (Å²) in [7, 11) is 0. The van der Waals surface area contributed by atoms with Gasteiger partial charge in [0.15, 0.2) is 0 Å². The summed E-state index contributed by atoms with van der Waals surface area (Å²) < 4.78 is 5.64. The predicted octanol–water partition coefficient (Wildman–Crippen LogP) is 1.55. The fourth-order valence-corrected chi connectivity index (χ4v) is 3.50. The maximum atomic E-state index is 12.8. The zero-order valence-corrected chi connectivity index (χ0v) is 15.1. The fourth-order valence-electron chi connectivity index (χ4n) is 3.50. The molecule has 3 heterocycles. The molecular formula is C20H22N4O3. The summed E-state index contributed by atoms with van der Waals surface area (Å²) in [4.78, 5) is 35.0. The van der Waals surface area contributed by atoms with Crippen LogP contribution in [0, 0.1) is 0 Å². The molecule has 0 saturated carbocycles. The van der Waals surface area contributed by atoms with E-state index in [0.29, 0.717) is 31.1 Å². The van der Waals surface area contributed by atoms with Crippen LogP contribution in [0.25, 0.3) is 0 Å². The van der Waals surface area contributed by atoms with E-state index in [1.54, 1.807) is 17.3 Å². The minimum Gasteiger partial charge on any atom is -0.491 e. The van der Waals surface area contributed by atoms with Crippen LogP contribution in [0.15, 0.2) is 48.8 Å². The Hall–Kier alpha value is -3.09. The normalized spacial score (nSPS) is 17.2. The first-order chi connectivity index (χ1) is 13.2. The number of rotatable bonds is 3. The van der Waals surface area contributed by atoms with Crippen LogP contribution in [0.3, 0.4) is 0 Å². The Bertz CT molecular complexity index is 819. The van der Waals surface area contributed by atoms with Crippen molar-refractivity contribution in [3.05, 3.63) is 48.8 Å². The van der Waals surface area contributed by atoms with E-state index < -0.39 is 0 Å². The standard InChI is InChI=1S/C20H22N4O3/c25-19-7-14-27-18-4-2-1-3-17(18)24(19)15-20(26)23-12-10-22(11-13-23)16-5-8-21-9-6-16/h1-6,8-9H,7,10-15H2. The predicted molar refractivity (Wildman–Crippen MR) is 102 cm³/mol. The van der Waals surface area contributed by atoms with Gasteiger partial charge in [0, 0.05) is 44.3 Å². The van der Waals surface area contributed by atoms with Crippen molar-refractivity contribution in [1.82, 2.24) is 9.88 Å². The van der Waals surface area contributed by atoms with Gasteiger partial charge in [-0.3, -0.25) is 19.5 Å². The molecule has 1 saturated heterocycles. The third-order valence-corrected chi connectivity index (χ3v) is 4.98. The van der Waals surface area contributed by atoms with Crippen molar-refractivity contribution in [2.75, 3.05) is 49.1 Å². The van der Waals surface area contributed by atoms with Gasteiger partial charge in [-0.15, -0.1) is 0 Å². The number of ether oxygens (including phenoxy) is 1. The van der Waals surface area contributed by atoms with Crippen LogP contribution in [0.2, 0.25) is 0 Å². The van der Waals surface area contributed by atoms with Crippen molar-refractivity contribution in [3.8, 4) is 5.75 Å². The van der Waals surface area contributed by atoms with Crippen LogP contribution in [-0.2, 0) is 9.59 Å². The number of para-hydroxylation sites is 2. The van der Waals surface area contributed by atoms with Gasteiger partial charge in [-0.2, -0.15) is 0 Å². The van der Waals surface area contributed by atoms with Crippen LogP contribution < -0.4 is 14.5 Å². The number of carbonyl (C=O) groups is 2. The van der Waals surface area contributed by atoms with Gasteiger partial charge in [0.2, 0.25) is 11.8 Å². The van der Waals surface area contributed by atoms with E-state index in [1.165, 1.54) is 0 Å². The van der Waals surface area contributed by atoms with Gasteiger partial charge in [-0.1, -0.05) is 12.1 Å². The van der Waals surface area contributed by atoms with Crippen LogP contribution in [0.4, 0.5) is 11.4 Å². The van der Waals surface area contributed by atoms with Crippen LogP contribution >= 0.6 is 0 Å². The molecule has 1 aromatic carbocycles. The number of carbonyl (C=O) groups excluding carboxylic acids is 2. The number of hydrogen-bond donors (Lipinski definition) is 0. The minimum absolute atomic E-state index is 0.0329. The van der Waals surface area contributed by atoms with E-state index in [0.717, 1.165) is 18.8 Å². The second-order valence-corrected chi connectivity index (χ2v) is 6.62. The third kappa shape index (κ3) is 3.72. The van der Waals surface area contributed by atoms with E-state index in [-0.39, 0.29) is 24.8 Å². The highest BCUT2D eigenvalue weighted by atomic mass is 16.5. The zero-order valence-electron chi connectivity index (χ0n) is 15.1. The van der Waals surface area contributed by atoms with E-state index in [2.05, 4.69) is 9.88 Å². The number of pyridine rings is 1. The summed E-state index contributed by atoms with van der Waals surface area (Å²) in [5.74, 6) is 0.539. The van der Waals surface area contributed by atoms with Crippen LogP contribution in [0.1, 0.15) is 6.42 Å². The lowest BCUT2D eigenvalue weighted by molar-refractivity contribution is -0.131. The number of amides is 2. The SMILES string of the molecule is O=C(CN1C(=O)CCOc2ccccc21)N1CCN(c2ccncc2)CC1. The second-order valence-electron chi connectivity index (χ2n) is 6.62. The molecule has 0 N–H and O–H groups in total. The lowest BCUT2D eigenvalue weighted by Gasteiger charge is -2.37. The van der Waals surface area contributed by atoms with Crippen molar-refractivity contribution in [3.63, 3.8) is 0 Å². The highest BCUT2D eigenvalue weighted by Gasteiger charge is 2.28. The first-order valence-corrected chi connectivity index (χ1v) is 9.17. The van der Waals surface area contributed by atoms with E-state index >= 15 is 0 Å². The number of fused-ring (bicyclic) bond motifs is 1. The van der Waals surface area contributed by atoms with Crippen LogP contribution in [0.5, 0.6) is 5.75 Å². The molecule has 2 aromatic rings. The summed E-state index contributed by atoms with van der Waals surface area (Å²) in [5, 5.41) is 0. The zero-order chi connectivity index (χ0) is 18.6. The molecule has 7 nitrogen and oxygen atoms in total. The molecule has 2 aliphatic rings. The number of benzene rings is 1. The highest BCUT2D eigenvalue weighted by molar-refractivity contribution is 6.00. The Balaban J connectivity index is 1.42. The summed E-state index contributed by atoms with van der Waals surface area (Å²) >= 11 is 0. The van der Waals surface area contributed by atoms with E-state index in [4.69, 9.17) is 4.74 Å². The molecule has 1 aromatic heterocycles. The van der Waals surface area contributed by atoms with Gasteiger partial charge >= 0.3 is 0 Å². The quantitative estimate of drug-likeness (QED) is 0.825. The smallest absolute Gasteiger partial charge is 0.242 e. The molecule has 0 atom stereocenters. The molecule has 140 valence electrons. The molecule has 7 heteroatoms. The molecule has 2 amide bonds. The lowest BCUT2D eigenvalue weighted by atomic mass is 10.2. The van der Waals surface area contributed by atoms with Crippen molar-refractivity contribution >= 4 is 23.2 Å². The molecule has 27 heavy (non-hydrogen) atoms. The maximum absolute atomic E-state index is 12.8. The number of nitrogens with zero attached hydrogens (tertiary/aromatic N) is 4. The first-order valence-electron chi connectivity index (χ1n) is 9.17. The van der Waals surface area contributed by atoms with Gasteiger partial charge < -0.3 is 14.5 Å². The Labute approximate surface area is 158 Å². The third-order valence-electron chi connectivity index (χ3n) is 4.98. The average Bonchev–Trinajstić information content (AvgIpc) is 2.88. The monoisotopic (exact) mass is 366 g/mol. The number of anilines is 2. The number of aromatic nitrogens is 1. The van der Waals surface area contributed by atoms with Gasteiger partial charge in [0.25, 0.3) is 0 Å². The minimum atomic E-state index is -0.0799. The van der Waals surface area contributed by atoms with Gasteiger partial charge in [-0.25, -0.2) is 0 Å². The van der Waals surface area contributed by atoms with Crippen molar-refractivity contribution < 1.29 is 14.3 Å². The average molecular weight is 366 g/mol. The summed E-state index contributed by atoms with van der Waals surface area (Å²) in [6.07, 6.45) is 3.83. The largest absolute Gasteiger partial charge is 0.491 e. The topological polar surface area (TPSA) is 66.0 Å². The number of piperazine rings is 1. The van der Waals surface area contributed by atoms with Crippen molar-refractivity contribution in [1.29, 1.82) is 0 Å². The fraction of sp³-hybridized carbons (Fsp3) is 0.350. The summed E-state index contributed by atoms with van der Waals surface area (Å²) in [6, 6.07) is 11.3. The van der Waals surface area contributed by atoms with Gasteiger partial charge in [0.1, 0.15) is 12.3 Å². The van der Waals surface area contributed by atoms with Gasteiger partial charge in [-0.05, 0) is 24.3 Å². The van der Waals surface area contributed by atoms with E-state index in [9.17, 15) is 9.59 Å². The first kappa shape index (κ1) is 17.3. The molecule has 4 rings (SSSR count). The van der Waals surface area contributed by atoms with Crippen molar-refractivity contribution in [2.24, 2.45) is 0 Å². The summed E-state index contributed by atoms with van der Waals surface area (Å²) in [5.41, 5.74) is 1.79.